The summed E-state index contributed by atoms with van der Waals surface area (Å²) in [4.78, 5) is 4.44. The molecule has 6 heteroatoms. The first-order valence-electron chi connectivity index (χ1n) is 5.36. The molecule has 1 aromatic heterocycles. The molecule has 0 aliphatic carbocycles. The third-order valence-electron chi connectivity index (χ3n) is 2.95. The smallest absolute Gasteiger partial charge is 0.156 e. The van der Waals surface area contributed by atoms with Crippen molar-refractivity contribution in [3.8, 4) is 0 Å². The second-order valence-corrected chi connectivity index (χ2v) is 7.49. The molecule has 2 heterocycles. The SMILES string of the molecule is CC(c1nc(C2CCCN2)cs1)S(C)(=O)=O. The lowest BCUT2D eigenvalue weighted by Gasteiger charge is -2.07. The van der Waals surface area contributed by atoms with E-state index in [2.05, 4.69) is 10.3 Å². The monoisotopic (exact) mass is 260 g/mol. The molecule has 1 N–H and O–H groups in total. The summed E-state index contributed by atoms with van der Waals surface area (Å²) in [6.07, 6.45) is 3.52. The highest BCUT2D eigenvalue weighted by molar-refractivity contribution is 7.91. The van der Waals surface area contributed by atoms with Crippen LogP contribution in [0.5, 0.6) is 0 Å². The molecule has 0 amide bonds. The summed E-state index contributed by atoms with van der Waals surface area (Å²) in [6, 6.07) is 0.316. The van der Waals surface area contributed by atoms with E-state index in [1.54, 1.807) is 6.92 Å². The molecule has 2 rings (SSSR count). The summed E-state index contributed by atoms with van der Waals surface area (Å²) in [5.74, 6) is 0. The maximum Gasteiger partial charge on any atom is 0.156 e. The van der Waals surface area contributed by atoms with Gasteiger partial charge in [-0.15, -0.1) is 11.3 Å². The van der Waals surface area contributed by atoms with Gasteiger partial charge in [-0.2, -0.15) is 0 Å². The summed E-state index contributed by atoms with van der Waals surface area (Å²) in [5.41, 5.74) is 0.994. The molecular formula is C10H16N2O2S2. The Morgan fingerprint density at radius 3 is 2.94 bits per heavy atom. The first-order valence-corrected chi connectivity index (χ1v) is 8.19. The summed E-state index contributed by atoms with van der Waals surface area (Å²) in [6.45, 7) is 2.72. The summed E-state index contributed by atoms with van der Waals surface area (Å²) >= 11 is 1.44. The first-order chi connectivity index (χ1) is 7.48. The Bertz CT molecular complexity index is 461. The van der Waals surface area contributed by atoms with Gasteiger partial charge in [0.2, 0.25) is 0 Å². The van der Waals surface area contributed by atoms with Crippen molar-refractivity contribution >= 4 is 21.2 Å². The number of sulfone groups is 1. The van der Waals surface area contributed by atoms with Gasteiger partial charge in [0.15, 0.2) is 9.84 Å². The van der Waals surface area contributed by atoms with Gasteiger partial charge in [0, 0.05) is 11.6 Å². The molecule has 0 bridgehead atoms. The van der Waals surface area contributed by atoms with E-state index in [0.29, 0.717) is 11.0 Å². The normalized spacial score (nSPS) is 23.5. The number of aromatic nitrogens is 1. The molecule has 16 heavy (non-hydrogen) atoms. The van der Waals surface area contributed by atoms with Gasteiger partial charge in [-0.1, -0.05) is 0 Å². The predicted octanol–water partition coefficient (Wildman–Crippen LogP) is 1.67. The van der Waals surface area contributed by atoms with Crippen LogP contribution in [0, 0.1) is 0 Å². The Hall–Kier alpha value is -0.460. The molecule has 0 saturated carbocycles. The van der Waals surface area contributed by atoms with Gasteiger partial charge in [0.25, 0.3) is 0 Å². The maximum absolute atomic E-state index is 11.4. The van der Waals surface area contributed by atoms with Crippen LogP contribution in [0.1, 0.15) is 41.8 Å². The molecule has 0 aromatic carbocycles. The van der Waals surface area contributed by atoms with Crippen LogP contribution in [-0.2, 0) is 9.84 Å². The number of thiazole rings is 1. The number of nitrogens with zero attached hydrogens (tertiary/aromatic N) is 1. The lowest BCUT2D eigenvalue weighted by molar-refractivity contribution is 0.590. The first kappa shape index (κ1) is 12.0. The average molecular weight is 260 g/mol. The Labute approximate surface area is 100 Å². The maximum atomic E-state index is 11.4. The summed E-state index contributed by atoms with van der Waals surface area (Å²) in [7, 11) is -3.04. The van der Waals surface area contributed by atoms with E-state index in [1.807, 2.05) is 5.38 Å². The molecule has 4 nitrogen and oxygen atoms in total. The third kappa shape index (κ3) is 2.44. The van der Waals surface area contributed by atoms with Crippen molar-refractivity contribution < 1.29 is 8.42 Å². The molecule has 2 unspecified atom stereocenters. The second kappa shape index (κ2) is 4.43. The van der Waals surface area contributed by atoms with E-state index in [-0.39, 0.29) is 0 Å². The fourth-order valence-electron chi connectivity index (χ4n) is 1.77. The van der Waals surface area contributed by atoms with Crippen molar-refractivity contribution in [2.75, 3.05) is 12.8 Å². The standard InChI is InChI=1S/C10H16N2O2S2/c1-7(16(2,13)14)10-12-9(6-15-10)8-4-3-5-11-8/h6-8,11H,3-5H2,1-2H3. The number of rotatable bonds is 3. The third-order valence-corrected chi connectivity index (χ3v) is 5.65. The topological polar surface area (TPSA) is 59.1 Å². The van der Waals surface area contributed by atoms with Gasteiger partial charge in [-0.05, 0) is 26.3 Å². The van der Waals surface area contributed by atoms with Gasteiger partial charge < -0.3 is 5.32 Å². The highest BCUT2D eigenvalue weighted by atomic mass is 32.2. The van der Waals surface area contributed by atoms with Crippen LogP contribution in [0.4, 0.5) is 0 Å². The Kier molecular flexibility index (Phi) is 3.32. The number of hydrogen-bond acceptors (Lipinski definition) is 5. The molecule has 1 aliphatic rings. The van der Waals surface area contributed by atoms with Crippen molar-refractivity contribution in [3.05, 3.63) is 16.1 Å². The van der Waals surface area contributed by atoms with Crippen LogP contribution in [0.25, 0.3) is 0 Å². The number of hydrogen-bond donors (Lipinski definition) is 1. The zero-order chi connectivity index (χ0) is 11.8. The van der Waals surface area contributed by atoms with Gasteiger partial charge in [-0.25, -0.2) is 13.4 Å². The quantitative estimate of drug-likeness (QED) is 0.898. The molecule has 1 fully saturated rings. The highest BCUT2D eigenvalue weighted by Gasteiger charge is 2.24. The van der Waals surface area contributed by atoms with E-state index < -0.39 is 15.1 Å². The van der Waals surface area contributed by atoms with Gasteiger partial charge in [-0.3, -0.25) is 0 Å². The molecule has 1 aliphatic heterocycles. The lowest BCUT2D eigenvalue weighted by atomic mass is 10.2. The second-order valence-electron chi connectivity index (χ2n) is 4.23. The Morgan fingerprint density at radius 1 is 1.62 bits per heavy atom. The minimum Gasteiger partial charge on any atom is -0.309 e. The van der Waals surface area contributed by atoms with Crippen molar-refractivity contribution in [3.63, 3.8) is 0 Å². The van der Waals surface area contributed by atoms with E-state index in [1.165, 1.54) is 24.0 Å². The van der Waals surface area contributed by atoms with Crippen LogP contribution in [0.15, 0.2) is 5.38 Å². The van der Waals surface area contributed by atoms with Crippen molar-refractivity contribution in [2.45, 2.75) is 31.1 Å². The van der Waals surface area contributed by atoms with Gasteiger partial charge >= 0.3 is 0 Å². The zero-order valence-electron chi connectivity index (χ0n) is 9.43. The lowest BCUT2D eigenvalue weighted by Crippen LogP contribution is -2.13. The Balaban J connectivity index is 2.19. The van der Waals surface area contributed by atoms with Gasteiger partial charge in [0.05, 0.1) is 11.7 Å². The molecule has 0 spiro atoms. The molecular weight excluding hydrogens is 244 g/mol. The van der Waals surface area contributed by atoms with E-state index in [0.717, 1.165) is 18.7 Å². The molecule has 2 atom stereocenters. The van der Waals surface area contributed by atoms with Crippen LogP contribution in [-0.4, -0.2) is 26.2 Å². The van der Waals surface area contributed by atoms with Crippen molar-refractivity contribution in [2.24, 2.45) is 0 Å². The average Bonchev–Trinajstić information content (AvgIpc) is 2.85. The van der Waals surface area contributed by atoms with Gasteiger partial charge in [0.1, 0.15) is 10.3 Å². The van der Waals surface area contributed by atoms with Crippen molar-refractivity contribution in [1.82, 2.24) is 10.3 Å². The molecule has 1 saturated heterocycles. The van der Waals surface area contributed by atoms with Crippen LogP contribution < -0.4 is 5.32 Å². The summed E-state index contributed by atoms with van der Waals surface area (Å²) < 4.78 is 22.8. The van der Waals surface area contributed by atoms with E-state index in [9.17, 15) is 8.42 Å². The molecule has 90 valence electrons. The van der Waals surface area contributed by atoms with E-state index in [4.69, 9.17) is 0 Å². The fourth-order valence-corrected chi connectivity index (χ4v) is 3.69. The van der Waals surface area contributed by atoms with Crippen LogP contribution >= 0.6 is 11.3 Å². The minimum atomic E-state index is -3.04. The Morgan fingerprint density at radius 2 is 2.38 bits per heavy atom. The predicted molar refractivity (Wildman–Crippen MR) is 65.4 cm³/mol. The number of nitrogens with one attached hydrogen (secondary N) is 1. The minimum absolute atomic E-state index is 0.316. The molecule has 0 radical (unpaired) electrons. The zero-order valence-corrected chi connectivity index (χ0v) is 11.1. The largest absolute Gasteiger partial charge is 0.309 e. The van der Waals surface area contributed by atoms with Crippen LogP contribution in [0.3, 0.4) is 0 Å². The van der Waals surface area contributed by atoms with E-state index >= 15 is 0 Å². The van der Waals surface area contributed by atoms with Crippen molar-refractivity contribution in [1.29, 1.82) is 0 Å². The fraction of sp³-hybridized carbons (Fsp3) is 0.700. The highest BCUT2D eigenvalue weighted by Crippen LogP contribution is 2.29. The molecule has 1 aromatic rings. The summed E-state index contributed by atoms with van der Waals surface area (Å²) in [5, 5.41) is 5.54. The van der Waals surface area contributed by atoms with Crippen LogP contribution in [0.2, 0.25) is 0 Å².